The molecule has 0 aliphatic rings. The average Bonchev–Trinajstić information content (AvgIpc) is 2.25. The van der Waals surface area contributed by atoms with Gasteiger partial charge in [-0.3, -0.25) is 0 Å². The summed E-state index contributed by atoms with van der Waals surface area (Å²) in [6.07, 6.45) is 4.41. The minimum absolute atomic E-state index is 0.673. The molecule has 0 heterocycles. The van der Waals surface area contributed by atoms with Gasteiger partial charge in [-0.15, -0.1) is 0 Å². The fourth-order valence-corrected chi connectivity index (χ4v) is 1.18. The Morgan fingerprint density at radius 3 is 2.71 bits per heavy atom. The summed E-state index contributed by atoms with van der Waals surface area (Å²) in [7, 11) is 2.17. The van der Waals surface area contributed by atoms with Gasteiger partial charge in [-0.05, 0) is 25.0 Å². The maximum absolute atomic E-state index is 5.59. The number of ether oxygens (including phenoxy) is 1. The van der Waals surface area contributed by atoms with E-state index < -0.39 is 0 Å². The molecule has 1 rings (SSSR count). The Hall–Kier alpha value is -1.18. The summed E-state index contributed by atoms with van der Waals surface area (Å²) in [6.45, 7) is 2.69. The zero-order chi connectivity index (χ0) is 10.2. The Kier molecular flexibility index (Phi) is 4.91. The molecule has 2 heteroatoms. The highest BCUT2D eigenvalue weighted by molar-refractivity contribution is 6.08. The van der Waals surface area contributed by atoms with Crippen molar-refractivity contribution in [2.45, 2.75) is 26.3 Å². The molecule has 0 fully saturated rings. The number of hydrogen-bond donors (Lipinski definition) is 0. The molecule has 0 saturated carbocycles. The van der Waals surface area contributed by atoms with Crippen LogP contribution in [-0.2, 0) is 11.3 Å². The summed E-state index contributed by atoms with van der Waals surface area (Å²) in [6, 6.07) is 10.2. The van der Waals surface area contributed by atoms with Crippen LogP contribution in [0.2, 0.25) is 6.32 Å². The van der Waals surface area contributed by atoms with E-state index in [1.54, 1.807) is 0 Å². The summed E-state index contributed by atoms with van der Waals surface area (Å²) in [5.41, 5.74) is 1.22. The van der Waals surface area contributed by atoms with Gasteiger partial charge in [-0.25, -0.2) is 0 Å². The molecule has 0 N–H and O–H groups in total. The minimum Gasteiger partial charge on any atom is -0.494 e. The van der Waals surface area contributed by atoms with Crippen LogP contribution >= 0.6 is 0 Å². The van der Waals surface area contributed by atoms with Crippen molar-refractivity contribution in [1.29, 1.82) is 0 Å². The van der Waals surface area contributed by atoms with E-state index in [0.29, 0.717) is 6.61 Å². The lowest BCUT2D eigenvalue weighted by Crippen LogP contribution is -1.90. The van der Waals surface area contributed by atoms with Gasteiger partial charge >= 0.3 is 0 Å². The summed E-state index contributed by atoms with van der Waals surface area (Å²) in [5.74, 6) is 1.02. The molecular formula is C12H17BO. The molecule has 74 valence electrons. The first kappa shape index (κ1) is 10.9. The molecular weight excluding hydrogens is 171 g/mol. The maximum Gasteiger partial charge on any atom is 0.113 e. The lowest BCUT2D eigenvalue weighted by Gasteiger charge is -2.05. The topological polar surface area (TPSA) is 9.23 Å². The van der Waals surface area contributed by atoms with E-state index in [2.05, 4.69) is 26.1 Å². The van der Waals surface area contributed by atoms with Crippen molar-refractivity contribution in [3.05, 3.63) is 47.7 Å². The Morgan fingerprint density at radius 1 is 1.36 bits per heavy atom. The largest absolute Gasteiger partial charge is 0.494 e. The maximum atomic E-state index is 5.59. The summed E-state index contributed by atoms with van der Waals surface area (Å²) >= 11 is 0. The third kappa shape index (κ3) is 4.17. The van der Waals surface area contributed by atoms with Gasteiger partial charge in [0.25, 0.3) is 0 Å². The van der Waals surface area contributed by atoms with Crippen molar-refractivity contribution in [1.82, 2.24) is 0 Å². The highest BCUT2D eigenvalue weighted by atomic mass is 16.5. The van der Waals surface area contributed by atoms with Gasteiger partial charge in [0.15, 0.2) is 0 Å². The number of benzene rings is 1. The molecule has 0 unspecified atom stereocenters. The van der Waals surface area contributed by atoms with Crippen LogP contribution in [0.15, 0.2) is 42.2 Å². The van der Waals surface area contributed by atoms with Crippen LogP contribution in [0.25, 0.3) is 0 Å². The monoisotopic (exact) mass is 188 g/mol. The summed E-state index contributed by atoms with van der Waals surface area (Å²) in [4.78, 5) is 0. The molecule has 1 aromatic rings. The molecule has 0 aromatic heterocycles. The molecule has 0 saturated heterocycles. The fourth-order valence-electron chi connectivity index (χ4n) is 1.18. The molecule has 0 amide bonds. The van der Waals surface area contributed by atoms with E-state index in [0.717, 1.165) is 12.2 Å². The van der Waals surface area contributed by atoms with Gasteiger partial charge in [0.2, 0.25) is 0 Å². The molecule has 0 bridgehead atoms. The van der Waals surface area contributed by atoms with Crippen molar-refractivity contribution < 1.29 is 4.74 Å². The summed E-state index contributed by atoms with van der Waals surface area (Å²) < 4.78 is 5.59. The molecule has 14 heavy (non-hydrogen) atoms. The first-order valence-corrected chi connectivity index (χ1v) is 5.16. The van der Waals surface area contributed by atoms with Gasteiger partial charge in [0.1, 0.15) is 14.5 Å². The Morgan fingerprint density at radius 2 is 2.07 bits per heavy atom. The van der Waals surface area contributed by atoms with Crippen LogP contribution < -0.4 is 0 Å². The predicted octanol–water partition coefficient (Wildman–Crippen LogP) is 2.55. The van der Waals surface area contributed by atoms with E-state index in [-0.39, 0.29) is 0 Å². The molecule has 1 aromatic carbocycles. The number of hydrogen-bond acceptors (Lipinski definition) is 1. The van der Waals surface area contributed by atoms with Crippen LogP contribution in [0.3, 0.4) is 0 Å². The smallest absolute Gasteiger partial charge is 0.113 e. The highest BCUT2D eigenvalue weighted by Gasteiger charge is 1.92. The lowest BCUT2D eigenvalue weighted by atomic mass is 10.0. The zero-order valence-corrected chi connectivity index (χ0v) is 8.99. The Labute approximate surface area is 87.2 Å². The van der Waals surface area contributed by atoms with Gasteiger partial charge in [0.05, 0.1) is 5.76 Å². The predicted molar refractivity (Wildman–Crippen MR) is 63.0 cm³/mol. The quantitative estimate of drug-likeness (QED) is 0.509. The third-order valence-corrected chi connectivity index (χ3v) is 2.03. The van der Waals surface area contributed by atoms with Gasteiger partial charge < -0.3 is 4.74 Å². The normalized spacial score (nSPS) is 11.4. The molecule has 0 radical (unpaired) electrons. The van der Waals surface area contributed by atoms with Crippen LogP contribution in [-0.4, -0.2) is 7.85 Å². The van der Waals surface area contributed by atoms with Crippen LogP contribution in [0, 0.1) is 0 Å². The summed E-state index contributed by atoms with van der Waals surface area (Å²) in [5, 5.41) is 0. The zero-order valence-electron chi connectivity index (χ0n) is 8.99. The number of rotatable bonds is 5. The van der Waals surface area contributed by atoms with E-state index in [1.807, 2.05) is 25.1 Å². The van der Waals surface area contributed by atoms with Crippen molar-refractivity contribution >= 4 is 7.85 Å². The van der Waals surface area contributed by atoms with Crippen LogP contribution in [0.4, 0.5) is 0 Å². The van der Waals surface area contributed by atoms with E-state index in [4.69, 9.17) is 4.74 Å². The van der Waals surface area contributed by atoms with E-state index in [1.165, 1.54) is 11.9 Å². The van der Waals surface area contributed by atoms with Crippen molar-refractivity contribution in [3.8, 4) is 0 Å². The average molecular weight is 188 g/mol. The molecule has 0 atom stereocenters. The van der Waals surface area contributed by atoms with Gasteiger partial charge in [-0.2, -0.15) is 0 Å². The molecule has 0 spiro atoms. The highest BCUT2D eigenvalue weighted by Crippen LogP contribution is 2.06. The van der Waals surface area contributed by atoms with E-state index in [9.17, 15) is 0 Å². The van der Waals surface area contributed by atoms with Gasteiger partial charge in [0, 0.05) is 0 Å². The first-order valence-electron chi connectivity index (χ1n) is 5.16. The van der Waals surface area contributed by atoms with Crippen LogP contribution in [0.1, 0.15) is 18.9 Å². The standard InChI is InChI=1S/C12H17BO/c1-11(6-5-9-13)14-10-12-7-3-2-4-8-12/h2-4,6-8H,5,9-10,13H2,1H3/b11-6+. The number of allylic oxidation sites excluding steroid dienone is 2. The lowest BCUT2D eigenvalue weighted by molar-refractivity contribution is 0.199. The third-order valence-electron chi connectivity index (χ3n) is 2.03. The second kappa shape index (κ2) is 6.30. The van der Waals surface area contributed by atoms with Crippen LogP contribution in [0.5, 0.6) is 0 Å². The first-order chi connectivity index (χ1) is 6.83. The SMILES string of the molecule is BCC/C=C(\C)OCc1ccccc1. The van der Waals surface area contributed by atoms with Gasteiger partial charge in [-0.1, -0.05) is 36.7 Å². The minimum atomic E-state index is 0.673. The molecule has 0 aliphatic heterocycles. The van der Waals surface area contributed by atoms with Crippen molar-refractivity contribution in [2.24, 2.45) is 0 Å². The molecule has 0 aliphatic carbocycles. The second-order valence-electron chi connectivity index (χ2n) is 3.38. The Balaban J connectivity index is 2.34. The van der Waals surface area contributed by atoms with Crippen molar-refractivity contribution in [3.63, 3.8) is 0 Å². The Bertz CT molecular complexity index is 280. The second-order valence-corrected chi connectivity index (χ2v) is 3.38. The van der Waals surface area contributed by atoms with E-state index >= 15 is 0 Å². The fraction of sp³-hybridized carbons (Fsp3) is 0.333. The van der Waals surface area contributed by atoms with Crippen molar-refractivity contribution in [2.75, 3.05) is 0 Å². The molecule has 1 nitrogen and oxygen atoms in total.